The van der Waals surface area contributed by atoms with Crippen LogP contribution in [0.5, 0.6) is 0 Å². The Labute approximate surface area is 98.0 Å². The van der Waals surface area contributed by atoms with Crippen molar-refractivity contribution in [2.24, 2.45) is 0 Å². The second kappa shape index (κ2) is 3.83. The lowest BCUT2D eigenvalue weighted by Gasteiger charge is -2.02. The number of fused-ring (bicyclic) bond motifs is 1. The highest BCUT2D eigenvalue weighted by molar-refractivity contribution is 7.07. The number of ketones is 1. The molecule has 1 aromatic carbocycles. The first-order valence-electron chi connectivity index (χ1n) is 5.39. The number of hydrogen-bond donors (Lipinski definition) is 0. The third-order valence-electron chi connectivity index (χ3n) is 3.03. The summed E-state index contributed by atoms with van der Waals surface area (Å²) in [5, 5.41) is 1.80. The van der Waals surface area contributed by atoms with E-state index < -0.39 is 0 Å². The van der Waals surface area contributed by atoms with Crippen LogP contribution in [0.1, 0.15) is 33.6 Å². The standard InChI is InChI=1S/C13H11NOS/c15-13(12-7-16-8-14-12)11-5-4-9-2-1-3-10(9)6-11/h4-8H,1-3H2. The van der Waals surface area contributed by atoms with Gasteiger partial charge < -0.3 is 0 Å². The zero-order valence-electron chi connectivity index (χ0n) is 8.77. The Morgan fingerprint density at radius 3 is 2.94 bits per heavy atom. The van der Waals surface area contributed by atoms with Crippen LogP contribution in [-0.2, 0) is 12.8 Å². The minimum Gasteiger partial charge on any atom is -0.287 e. The van der Waals surface area contributed by atoms with Crippen molar-refractivity contribution in [3.05, 3.63) is 51.5 Å². The van der Waals surface area contributed by atoms with Gasteiger partial charge in [0, 0.05) is 10.9 Å². The second-order valence-corrected chi connectivity index (χ2v) is 4.76. The molecular formula is C13H11NOS. The molecule has 80 valence electrons. The van der Waals surface area contributed by atoms with Gasteiger partial charge in [0.25, 0.3) is 0 Å². The van der Waals surface area contributed by atoms with Crippen molar-refractivity contribution < 1.29 is 4.79 Å². The predicted octanol–water partition coefficient (Wildman–Crippen LogP) is 2.86. The Bertz CT molecular complexity index is 531. The van der Waals surface area contributed by atoms with Crippen LogP contribution in [0.25, 0.3) is 0 Å². The lowest BCUT2D eigenvalue weighted by Crippen LogP contribution is -2.02. The van der Waals surface area contributed by atoms with Crippen LogP contribution in [0.2, 0.25) is 0 Å². The third-order valence-corrected chi connectivity index (χ3v) is 3.61. The molecule has 0 saturated heterocycles. The minimum absolute atomic E-state index is 0.0379. The molecule has 1 aliphatic rings. The highest BCUT2D eigenvalue weighted by atomic mass is 32.1. The van der Waals surface area contributed by atoms with Crippen LogP contribution in [0.4, 0.5) is 0 Å². The summed E-state index contributed by atoms with van der Waals surface area (Å²) in [5.74, 6) is 0.0379. The van der Waals surface area contributed by atoms with Gasteiger partial charge >= 0.3 is 0 Å². The van der Waals surface area contributed by atoms with Crippen LogP contribution in [-0.4, -0.2) is 10.8 Å². The Morgan fingerprint density at radius 1 is 1.25 bits per heavy atom. The number of carbonyl (C=O) groups excluding carboxylic acids is 1. The first-order valence-corrected chi connectivity index (χ1v) is 6.33. The molecule has 0 saturated carbocycles. The highest BCUT2D eigenvalue weighted by Crippen LogP contribution is 2.23. The smallest absolute Gasteiger partial charge is 0.212 e. The Morgan fingerprint density at radius 2 is 2.12 bits per heavy atom. The molecule has 0 bridgehead atoms. The normalized spacial score (nSPS) is 13.8. The quantitative estimate of drug-likeness (QED) is 0.741. The summed E-state index contributed by atoms with van der Waals surface area (Å²) in [6.07, 6.45) is 3.47. The van der Waals surface area contributed by atoms with E-state index in [1.165, 1.54) is 28.9 Å². The van der Waals surface area contributed by atoms with Crippen molar-refractivity contribution in [1.29, 1.82) is 0 Å². The van der Waals surface area contributed by atoms with Crippen LogP contribution in [0.15, 0.2) is 29.1 Å². The summed E-state index contributed by atoms with van der Waals surface area (Å²) in [6.45, 7) is 0. The van der Waals surface area contributed by atoms with E-state index in [0.29, 0.717) is 5.69 Å². The van der Waals surface area contributed by atoms with Crippen molar-refractivity contribution >= 4 is 17.1 Å². The van der Waals surface area contributed by atoms with Crippen molar-refractivity contribution in [3.63, 3.8) is 0 Å². The Kier molecular flexibility index (Phi) is 2.33. The molecule has 0 atom stereocenters. The molecule has 3 heteroatoms. The molecule has 0 unspecified atom stereocenters. The van der Waals surface area contributed by atoms with E-state index in [9.17, 15) is 4.79 Å². The average molecular weight is 229 g/mol. The lowest BCUT2D eigenvalue weighted by molar-refractivity contribution is 0.103. The average Bonchev–Trinajstić information content (AvgIpc) is 2.98. The van der Waals surface area contributed by atoms with Gasteiger partial charge in [0.1, 0.15) is 5.69 Å². The molecule has 2 aromatic rings. The van der Waals surface area contributed by atoms with Crippen LogP contribution in [0.3, 0.4) is 0 Å². The van der Waals surface area contributed by atoms with Crippen molar-refractivity contribution in [3.8, 4) is 0 Å². The number of carbonyl (C=O) groups is 1. The summed E-state index contributed by atoms with van der Waals surface area (Å²) in [6, 6.07) is 6.04. The number of thiazole rings is 1. The van der Waals surface area contributed by atoms with E-state index in [0.717, 1.165) is 18.4 Å². The molecule has 0 aliphatic heterocycles. The molecule has 1 aromatic heterocycles. The monoisotopic (exact) mass is 229 g/mol. The first-order chi connectivity index (χ1) is 7.84. The van der Waals surface area contributed by atoms with Gasteiger partial charge in [-0.3, -0.25) is 4.79 Å². The summed E-state index contributed by atoms with van der Waals surface area (Å²) < 4.78 is 0. The van der Waals surface area contributed by atoms with Gasteiger partial charge in [-0.15, -0.1) is 11.3 Å². The van der Waals surface area contributed by atoms with E-state index in [4.69, 9.17) is 0 Å². The molecule has 0 fully saturated rings. The van der Waals surface area contributed by atoms with Gasteiger partial charge in [-0.2, -0.15) is 0 Å². The zero-order valence-corrected chi connectivity index (χ0v) is 9.59. The molecule has 1 heterocycles. The largest absolute Gasteiger partial charge is 0.287 e. The molecule has 2 nitrogen and oxygen atoms in total. The van der Waals surface area contributed by atoms with E-state index in [1.807, 2.05) is 12.1 Å². The fourth-order valence-corrected chi connectivity index (χ4v) is 2.72. The van der Waals surface area contributed by atoms with Crippen LogP contribution >= 0.6 is 11.3 Å². The highest BCUT2D eigenvalue weighted by Gasteiger charge is 2.15. The van der Waals surface area contributed by atoms with E-state index in [1.54, 1.807) is 10.9 Å². The Balaban J connectivity index is 1.99. The predicted molar refractivity (Wildman–Crippen MR) is 64.0 cm³/mol. The zero-order chi connectivity index (χ0) is 11.0. The van der Waals surface area contributed by atoms with Crippen molar-refractivity contribution in [2.75, 3.05) is 0 Å². The number of rotatable bonds is 2. The van der Waals surface area contributed by atoms with Gasteiger partial charge in [-0.25, -0.2) is 4.98 Å². The van der Waals surface area contributed by atoms with Gasteiger partial charge in [0.2, 0.25) is 5.78 Å². The van der Waals surface area contributed by atoms with Gasteiger partial charge in [0.05, 0.1) is 5.51 Å². The first kappa shape index (κ1) is 9.73. The molecule has 0 amide bonds. The number of benzene rings is 1. The fourth-order valence-electron chi connectivity index (χ4n) is 2.19. The number of aromatic nitrogens is 1. The molecular weight excluding hydrogens is 218 g/mol. The summed E-state index contributed by atoms with van der Waals surface area (Å²) in [4.78, 5) is 16.1. The van der Waals surface area contributed by atoms with E-state index >= 15 is 0 Å². The maximum absolute atomic E-state index is 12.1. The third kappa shape index (κ3) is 1.57. The SMILES string of the molecule is O=C(c1ccc2c(c1)CCC2)c1cscn1. The topological polar surface area (TPSA) is 30.0 Å². The minimum atomic E-state index is 0.0379. The number of nitrogens with zero attached hydrogens (tertiary/aromatic N) is 1. The van der Waals surface area contributed by atoms with Crippen LogP contribution < -0.4 is 0 Å². The van der Waals surface area contributed by atoms with E-state index in [2.05, 4.69) is 11.1 Å². The number of aryl methyl sites for hydroxylation is 2. The van der Waals surface area contributed by atoms with Crippen LogP contribution in [0, 0.1) is 0 Å². The molecule has 0 spiro atoms. The Hall–Kier alpha value is -1.48. The molecule has 0 N–H and O–H groups in total. The molecule has 1 aliphatic carbocycles. The second-order valence-electron chi connectivity index (χ2n) is 4.04. The van der Waals surface area contributed by atoms with Gasteiger partial charge in [-0.1, -0.05) is 12.1 Å². The van der Waals surface area contributed by atoms with Crippen molar-refractivity contribution in [2.45, 2.75) is 19.3 Å². The summed E-state index contributed by atoms with van der Waals surface area (Å²) in [7, 11) is 0. The lowest BCUT2D eigenvalue weighted by atomic mass is 10.0. The summed E-state index contributed by atoms with van der Waals surface area (Å²) >= 11 is 1.46. The van der Waals surface area contributed by atoms with E-state index in [-0.39, 0.29) is 5.78 Å². The maximum atomic E-state index is 12.1. The van der Waals surface area contributed by atoms with Gasteiger partial charge in [-0.05, 0) is 36.5 Å². The molecule has 0 radical (unpaired) electrons. The van der Waals surface area contributed by atoms with Gasteiger partial charge in [0.15, 0.2) is 0 Å². The molecule has 3 rings (SSSR count). The maximum Gasteiger partial charge on any atom is 0.212 e. The molecule has 16 heavy (non-hydrogen) atoms. The summed E-state index contributed by atoms with van der Waals surface area (Å²) in [5.41, 5.74) is 5.76. The number of hydrogen-bond acceptors (Lipinski definition) is 3. The fraction of sp³-hybridized carbons (Fsp3) is 0.231. The van der Waals surface area contributed by atoms with Crippen molar-refractivity contribution in [1.82, 2.24) is 4.98 Å².